The van der Waals surface area contributed by atoms with Crippen LogP contribution in [0.4, 0.5) is 0 Å². The Morgan fingerprint density at radius 1 is 1.55 bits per heavy atom. The minimum Gasteiger partial charge on any atom is -0.159 e. The van der Waals surface area contributed by atoms with Gasteiger partial charge in [0.05, 0.1) is 5.70 Å². The van der Waals surface area contributed by atoms with Crippen molar-refractivity contribution in [3.63, 3.8) is 0 Å². The van der Waals surface area contributed by atoms with Gasteiger partial charge in [0.2, 0.25) is 0 Å². The van der Waals surface area contributed by atoms with E-state index in [9.17, 15) is 0 Å². The molecular weight excluding hydrogens is 176 g/mol. The molecule has 0 amide bonds. The standard InChI is InChI=1S/C7H6N2S2/c10-11-5-3-6-7(11)2-1-4-8-9-6/h1-4H,5H2. The molecule has 0 aromatic rings. The Kier molecular flexibility index (Phi) is 1.79. The third-order valence-corrected chi connectivity index (χ3v) is 3.74. The Morgan fingerprint density at radius 3 is 3.36 bits per heavy atom. The summed E-state index contributed by atoms with van der Waals surface area (Å²) in [5.74, 6) is 0.948. The molecule has 2 heterocycles. The van der Waals surface area contributed by atoms with Gasteiger partial charge in [0, 0.05) is 16.9 Å². The topological polar surface area (TPSA) is 24.7 Å². The molecule has 2 aliphatic rings. The van der Waals surface area contributed by atoms with Gasteiger partial charge in [-0.05, 0) is 29.4 Å². The van der Waals surface area contributed by atoms with E-state index in [2.05, 4.69) is 16.3 Å². The van der Waals surface area contributed by atoms with Gasteiger partial charge in [-0.2, -0.15) is 10.2 Å². The second-order valence-corrected chi connectivity index (χ2v) is 4.86. The van der Waals surface area contributed by atoms with Crippen LogP contribution in [0, 0.1) is 0 Å². The number of nitrogens with zero attached hydrogens (tertiary/aromatic N) is 2. The summed E-state index contributed by atoms with van der Waals surface area (Å²) in [4.78, 5) is 1.16. The number of hydrogen-bond donors (Lipinski definition) is 0. The summed E-state index contributed by atoms with van der Waals surface area (Å²) in [7, 11) is -0.0536. The molecule has 0 saturated carbocycles. The lowest BCUT2D eigenvalue weighted by molar-refractivity contribution is 1.17. The summed E-state index contributed by atoms with van der Waals surface area (Å²) in [6.45, 7) is 0. The van der Waals surface area contributed by atoms with E-state index in [0.717, 1.165) is 16.4 Å². The summed E-state index contributed by atoms with van der Waals surface area (Å²) in [5, 5.41) is 7.84. The average Bonchev–Trinajstić information content (AvgIpc) is 2.25. The molecule has 0 radical (unpaired) electrons. The van der Waals surface area contributed by atoms with Crippen LogP contribution in [0.3, 0.4) is 0 Å². The van der Waals surface area contributed by atoms with E-state index in [0.29, 0.717) is 0 Å². The first kappa shape index (κ1) is 7.06. The van der Waals surface area contributed by atoms with Crippen LogP contribution in [0.2, 0.25) is 0 Å². The second kappa shape index (κ2) is 2.79. The van der Waals surface area contributed by atoms with E-state index in [4.69, 9.17) is 11.2 Å². The molecule has 56 valence electrons. The van der Waals surface area contributed by atoms with Crippen molar-refractivity contribution in [1.29, 1.82) is 0 Å². The zero-order chi connectivity index (χ0) is 7.68. The highest BCUT2D eigenvalue weighted by molar-refractivity contribution is 8.31. The molecule has 0 spiro atoms. The van der Waals surface area contributed by atoms with Gasteiger partial charge in [-0.15, -0.1) is 0 Å². The van der Waals surface area contributed by atoms with Crippen LogP contribution in [-0.2, 0) is 20.6 Å². The highest BCUT2D eigenvalue weighted by atomic mass is 32.8. The number of fused-ring (bicyclic) bond motifs is 1. The first-order valence-electron chi connectivity index (χ1n) is 3.24. The molecular formula is C7H6N2S2. The summed E-state index contributed by atoms with van der Waals surface area (Å²) in [6, 6.07) is 0. The molecule has 2 aliphatic heterocycles. The van der Waals surface area contributed by atoms with E-state index < -0.39 is 0 Å². The van der Waals surface area contributed by atoms with Gasteiger partial charge in [0.15, 0.2) is 0 Å². The maximum absolute atomic E-state index is 5.23. The van der Waals surface area contributed by atoms with Crippen LogP contribution < -0.4 is 0 Å². The molecule has 2 rings (SSSR count). The van der Waals surface area contributed by atoms with Crippen molar-refractivity contribution in [2.24, 2.45) is 10.2 Å². The lowest BCUT2D eigenvalue weighted by atomic mass is 10.4. The number of allylic oxidation sites excluding steroid dienone is 2. The predicted octanol–water partition coefficient (Wildman–Crippen LogP) is 1.83. The van der Waals surface area contributed by atoms with Crippen molar-refractivity contribution < 1.29 is 0 Å². The summed E-state index contributed by atoms with van der Waals surface area (Å²) in [5.41, 5.74) is 0.966. The fraction of sp³-hybridized carbons (Fsp3) is 0.143. The van der Waals surface area contributed by atoms with Gasteiger partial charge in [0.25, 0.3) is 0 Å². The SMILES string of the molecule is S=S1CC=C2N=NC=CC=C21. The quantitative estimate of drug-likeness (QED) is 0.561. The van der Waals surface area contributed by atoms with Crippen molar-refractivity contribution >= 4 is 20.6 Å². The monoisotopic (exact) mass is 182 g/mol. The molecule has 0 aromatic heterocycles. The van der Waals surface area contributed by atoms with Gasteiger partial charge >= 0.3 is 0 Å². The van der Waals surface area contributed by atoms with E-state index in [-0.39, 0.29) is 9.45 Å². The predicted molar refractivity (Wildman–Crippen MR) is 49.8 cm³/mol. The Balaban J connectivity index is 2.49. The Labute approximate surface area is 72.0 Å². The molecule has 1 unspecified atom stereocenters. The zero-order valence-corrected chi connectivity index (χ0v) is 7.36. The van der Waals surface area contributed by atoms with Gasteiger partial charge in [-0.3, -0.25) is 0 Å². The van der Waals surface area contributed by atoms with Crippen LogP contribution in [0.5, 0.6) is 0 Å². The van der Waals surface area contributed by atoms with Gasteiger partial charge in [-0.1, -0.05) is 9.45 Å². The average molecular weight is 182 g/mol. The van der Waals surface area contributed by atoms with E-state index in [1.54, 1.807) is 6.20 Å². The molecule has 4 heteroatoms. The molecule has 0 N–H and O–H groups in total. The van der Waals surface area contributed by atoms with Crippen LogP contribution in [0.25, 0.3) is 0 Å². The smallest absolute Gasteiger partial charge is 0.0964 e. The van der Waals surface area contributed by atoms with Crippen molar-refractivity contribution in [2.75, 3.05) is 5.75 Å². The lowest BCUT2D eigenvalue weighted by Crippen LogP contribution is -1.87. The molecule has 0 fully saturated rings. The molecule has 1 atom stereocenters. The Hall–Kier alpha value is -0.610. The van der Waals surface area contributed by atoms with Crippen molar-refractivity contribution in [3.05, 3.63) is 35.0 Å². The molecule has 0 saturated heterocycles. The number of azo groups is 1. The number of hydrogen-bond acceptors (Lipinski definition) is 3. The minimum absolute atomic E-state index is 0.0536. The number of rotatable bonds is 0. The molecule has 11 heavy (non-hydrogen) atoms. The fourth-order valence-corrected chi connectivity index (χ4v) is 2.68. The second-order valence-electron chi connectivity index (χ2n) is 2.19. The van der Waals surface area contributed by atoms with Crippen molar-refractivity contribution in [3.8, 4) is 0 Å². The largest absolute Gasteiger partial charge is 0.159 e. The van der Waals surface area contributed by atoms with Crippen LogP contribution in [-0.4, -0.2) is 5.75 Å². The first-order valence-corrected chi connectivity index (χ1v) is 5.56. The summed E-state index contributed by atoms with van der Waals surface area (Å²) >= 11 is 5.23. The lowest BCUT2D eigenvalue weighted by Gasteiger charge is -1.95. The maximum atomic E-state index is 5.23. The Bertz CT molecular complexity index is 323. The Morgan fingerprint density at radius 2 is 2.45 bits per heavy atom. The molecule has 0 bridgehead atoms. The van der Waals surface area contributed by atoms with Crippen molar-refractivity contribution in [2.45, 2.75) is 0 Å². The first-order chi connectivity index (χ1) is 5.38. The third-order valence-electron chi connectivity index (χ3n) is 1.49. The minimum atomic E-state index is -0.0536. The normalized spacial score (nSPS) is 27.5. The van der Waals surface area contributed by atoms with Gasteiger partial charge in [-0.25, -0.2) is 0 Å². The van der Waals surface area contributed by atoms with Crippen LogP contribution >= 0.6 is 0 Å². The van der Waals surface area contributed by atoms with E-state index >= 15 is 0 Å². The van der Waals surface area contributed by atoms with E-state index in [1.807, 2.05) is 12.2 Å². The summed E-state index contributed by atoms with van der Waals surface area (Å²) < 4.78 is 0. The summed E-state index contributed by atoms with van der Waals surface area (Å²) in [6.07, 6.45) is 7.63. The van der Waals surface area contributed by atoms with Crippen LogP contribution in [0.1, 0.15) is 0 Å². The molecule has 0 aliphatic carbocycles. The highest BCUT2D eigenvalue weighted by Crippen LogP contribution is 2.25. The van der Waals surface area contributed by atoms with Crippen molar-refractivity contribution in [1.82, 2.24) is 0 Å². The zero-order valence-electron chi connectivity index (χ0n) is 5.73. The van der Waals surface area contributed by atoms with Gasteiger partial charge < -0.3 is 0 Å². The third kappa shape index (κ3) is 1.23. The fourth-order valence-electron chi connectivity index (χ4n) is 0.977. The highest BCUT2D eigenvalue weighted by Gasteiger charge is 2.15. The van der Waals surface area contributed by atoms with Crippen LogP contribution in [0.15, 0.2) is 45.3 Å². The maximum Gasteiger partial charge on any atom is 0.0964 e. The molecule has 2 nitrogen and oxygen atoms in total. The van der Waals surface area contributed by atoms with Gasteiger partial charge in [0.1, 0.15) is 0 Å². The molecule has 0 aromatic carbocycles. The van der Waals surface area contributed by atoms with E-state index in [1.165, 1.54) is 0 Å².